The van der Waals surface area contributed by atoms with Gasteiger partial charge in [0.05, 0.1) is 5.56 Å². The third-order valence-corrected chi connectivity index (χ3v) is 3.24. The van der Waals surface area contributed by atoms with Crippen molar-refractivity contribution >= 4 is 34.5 Å². The van der Waals surface area contributed by atoms with Crippen molar-refractivity contribution in [1.82, 2.24) is 10.3 Å². The van der Waals surface area contributed by atoms with Gasteiger partial charge in [0.15, 0.2) is 0 Å². The Morgan fingerprint density at radius 2 is 2.22 bits per heavy atom. The van der Waals surface area contributed by atoms with Crippen LogP contribution in [0.15, 0.2) is 52.1 Å². The number of pyridine rings is 1. The first-order valence-electron chi connectivity index (χ1n) is 5.32. The lowest BCUT2D eigenvalue weighted by atomic mass is 10.2. The van der Waals surface area contributed by atoms with Crippen LogP contribution in [-0.4, -0.2) is 10.9 Å². The molecule has 0 aliphatic carbocycles. The van der Waals surface area contributed by atoms with E-state index in [4.69, 9.17) is 0 Å². The molecule has 2 rings (SSSR count). The van der Waals surface area contributed by atoms with Gasteiger partial charge in [0.25, 0.3) is 5.91 Å². The summed E-state index contributed by atoms with van der Waals surface area (Å²) in [7, 11) is 0. The summed E-state index contributed by atoms with van der Waals surface area (Å²) in [5, 5.41) is 2.83. The summed E-state index contributed by atoms with van der Waals surface area (Å²) in [4.78, 5) is 16.6. The quantitative estimate of drug-likeness (QED) is 0.853. The molecule has 0 saturated carbocycles. The van der Waals surface area contributed by atoms with Crippen molar-refractivity contribution in [2.24, 2.45) is 0 Å². The minimum atomic E-state index is -0.142. The molecule has 2 aromatic rings. The molecule has 0 fully saturated rings. The second-order valence-electron chi connectivity index (χ2n) is 3.71. The molecule has 0 atom stereocenters. The van der Waals surface area contributed by atoms with Gasteiger partial charge in [0.2, 0.25) is 0 Å². The molecule has 1 aromatic carbocycles. The number of nitrogens with zero attached hydrogens (tertiary/aromatic N) is 1. The molecule has 0 saturated heterocycles. The van der Waals surface area contributed by atoms with E-state index in [0.29, 0.717) is 17.0 Å². The Morgan fingerprint density at radius 3 is 2.89 bits per heavy atom. The molecule has 1 N–H and O–H groups in total. The van der Waals surface area contributed by atoms with Gasteiger partial charge in [-0.25, -0.2) is 0 Å². The molecule has 3 nitrogen and oxygen atoms in total. The first kappa shape index (κ1) is 13.1. The van der Waals surface area contributed by atoms with E-state index in [2.05, 4.69) is 38.9 Å². The molecule has 0 aliphatic heterocycles. The number of rotatable bonds is 3. The highest BCUT2D eigenvalue weighted by Crippen LogP contribution is 2.19. The summed E-state index contributed by atoms with van der Waals surface area (Å²) in [6, 6.07) is 9.10. The Balaban J connectivity index is 2.04. The van der Waals surface area contributed by atoms with Gasteiger partial charge < -0.3 is 5.32 Å². The monoisotopic (exact) mass is 322 g/mol. The van der Waals surface area contributed by atoms with Crippen LogP contribution >= 0.6 is 28.6 Å². The number of hydrogen-bond donors (Lipinski definition) is 2. The highest BCUT2D eigenvalue weighted by atomic mass is 79.9. The van der Waals surface area contributed by atoms with Crippen LogP contribution in [0.2, 0.25) is 0 Å². The SMILES string of the molecule is O=C(NCc1cccnc1)c1ccc(Br)cc1S. The van der Waals surface area contributed by atoms with E-state index >= 15 is 0 Å². The lowest BCUT2D eigenvalue weighted by Crippen LogP contribution is -2.23. The van der Waals surface area contributed by atoms with Crippen molar-refractivity contribution in [2.75, 3.05) is 0 Å². The predicted molar refractivity (Wildman–Crippen MR) is 76.8 cm³/mol. The van der Waals surface area contributed by atoms with Gasteiger partial charge in [-0.3, -0.25) is 9.78 Å². The Bertz CT molecular complexity index is 560. The number of aromatic nitrogens is 1. The summed E-state index contributed by atoms with van der Waals surface area (Å²) >= 11 is 7.62. The van der Waals surface area contributed by atoms with Gasteiger partial charge in [-0.1, -0.05) is 22.0 Å². The largest absolute Gasteiger partial charge is 0.348 e. The van der Waals surface area contributed by atoms with Crippen molar-refractivity contribution in [1.29, 1.82) is 0 Å². The van der Waals surface area contributed by atoms with Gasteiger partial charge in [-0.05, 0) is 29.8 Å². The van der Waals surface area contributed by atoms with Crippen molar-refractivity contribution in [3.63, 3.8) is 0 Å². The lowest BCUT2D eigenvalue weighted by Gasteiger charge is -2.07. The molecule has 0 bridgehead atoms. The molecule has 0 unspecified atom stereocenters. The van der Waals surface area contributed by atoms with E-state index in [-0.39, 0.29) is 5.91 Å². The molecule has 0 radical (unpaired) electrons. The second kappa shape index (κ2) is 6.02. The number of carbonyl (C=O) groups is 1. The van der Waals surface area contributed by atoms with E-state index in [9.17, 15) is 4.79 Å². The maximum absolute atomic E-state index is 12.0. The van der Waals surface area contributed by atoms with Crippen molar-refractivity contribution < 1.29 is 4.79 Å². The highest BCUT2D eigenvalue weighted by Gasteiger charge is 2.09. The van der Waals surface area contributed by atoms with Gasteiger partial charge in [0.1, 0.15) is 0 Å². The number of nitrogens with one attached hydrogen (secondary N) is 1. The zero-order chi connectivity index (χ0) is 13.0. The van der Waals surface area contributed by atoms with Gasteiger partial charge in [0, 0.05) is 28.3 Å². The predicted octanol–water partition coefficient (Wildman–Crippen LogP) is 3.06. The first-order chi connectivity index (χ1) is 8.66. The lowest BCUT2D eigenvalue weighted by molar-refractivity contribution is 0.0948. The molecule has 1 heterocycles. The van der Waals surface area contributed by atoms with Crippen LogP contribution in [0.25, 0.3) is 0 Å². The Morgan fingerprint density at radius 1 is 1.39 bits per heavy atom. The number of hydrogen-bond acceptors (Lipinski definition) is 3. The first-order valence-corrected chi connectivity index (χ1v) is 6.56. The minimum absolute atomic E-state index is 0.142. The van der Waals surface area contributed by atoms with E-state index in [1.807, 2.05) is 18.2 Å². The van der Waals surface area contributed by atoms with Crippen LogP contribution in [0.4, 0.5) is 0 Å². The van der Waals surface area contributed by atoms with Gasteiger partial charge in [-0.2, -0.15) is 0 Å². The number of halogens is 1. The number of amides is 1. The molecule has 1 aromatic heterocycles. The highest BCUT2D eigenvalue weighted by molar-refractivity contribution is 9.10. The summed E-state index contributed by atoms with van der Waals surface area (Å²) in [6.07, 6.45) is 3.43. The van der Waals surface area contributed by atoms with Crippen LogP contribution in [0, 0.1) is 0 Å². The zero-order valence-electron chi connectivity index (χ0n) is 9.43. The van der Waals surface area contributed by atoms with E-state index < -0.39 is 0 Å². The third kappa shape index (κ3) is 3.34. The van der Waals surface area contributed by atoms with Crippen LogP contribution in [0.1, 0.15) is 15.9 Å². The van der Waals surface area contributed by atoms with Crippen LogP contribution in [-0.2, 0) is 6.54 Å². The summed E-state index contributed by atoms with van der Waals surface area (Å²) in [5.41, 5.74) is 1.52. The smallest absolute Gasteiger partial charge is 0.252 e. The fourth-order valence-electron chi connectivity index (χ4n) is 1.48. The second-order valence-corrected chi connectivity index (χ2v) is 5.10. The summed E-state index contributed by atoms with van der Waals surface area (Å²) < 4.78 is 0.899. The summed E-state index contributed by atoms with van der Waals surface area (Å²) in [5.74, 6) is -0.142. The van der Waals surface area contributed by atoms with Crippen LogP contribution < -0.4 is 5.32 Å². The Kier molecular flexibility index (Phi) is 4.38. The van der Waals surface area contributed by atoms with E-state index in [0.717, 1.165) is 10.0 Å². The van der Waals surface area contributed by atoms with E-state index in [1.165, 1.54) is 0 Å². The average Bonchev–Trinajstić information content (AvgIpc) is 2.37. The van der Waals surface area contributed by atoms with Gasteiger partial charge in [-0.15, -0.1) is 12.6 Å². The molecular weight excluding hydrogens is 312 g/mol. The summed E-state index contributed by atoms with van der Waals surface area (Å²) in [6.45, 7) is 0.454. The Hall–Kier alpha value is -1.33. The van der Waals surface area contributed by atoms with Crippen molar-refractivity contribution in [3.05, 3.63) is 58.3 Å². The normalized spacial score (nSPS) is 10.1. The maximum Gasteiger partial charge on any atom is 0.252 e. The van der Waals surface area contributed by atoms with Crippen molar-refractivity contribution in [3.8, 4) is 0 Å². The van der Waals surface area contributed by atoms with E-state index in [1.54, 1.807) is 24.5 Å². The number of carbonyl (C=O) groups excluding carboxylic acids is 1. The van der Waals surface area contributed by atoms with Crippen LogP contribution in [0.3, 0.4) is 0 Å². The molecular formula is C13H11BrN2OS. The molecule has 0 aliphatic rings. The molecule has 0 spiro atoms. The maximum atomic E-state index is 12.0. The van der Waals surface area contributed by atoms with Gasteiger partial charge >= 0.3 is 0 Å². The number of thiol groups is 1. The fraction of sp³-hybridized carbons (Fsp3) is 0.0769. The topological polar surface area (TPSA) is 42.0 Å². The molecule has 1 amide bonds. The van der Waals surface area contributed by atoms with Crippen LogP contribution in [0.5, 0.6) is 0 Å². The molecule has 18 heavy (non-hydrogen) atoms. The average molecular weight is 323 g/mol. The molecule has 5 heteroatoms. The van der Waals surface area contributed by atoms with Crippen molar-refractivity contribution in [2.45, 2.75) is 11.4 Å². The third-order valence-electron chi connectivity index (χ3n) is 2.38. The minimum Gasteiger partial charge on any atom is -0.348 e. The number of benzene rings is 1. The Labute approximate surface area is 119 Å². The standard InChI is InChI=1S/C13H11BrN2OS/c14-10-3-4-11(12(18)6-10)13(17)16-8-9-2-1-5-15-7-9/h1-7,18H,8H2,(H,16,17). The fourth-order valence-corrected chi connectivity index (χ4v) is 2.33. The zero-order valence-corrected chi connectivity index (χ0v) is 11.9. The molecule has 92 valence electrons.